The summed E-state index contributed by atoms with van der Waals surface area (Å²) in [6.07, 6.45) is 6.44. The molecule has 0 unspecified atom stereocenters. The summed E-state index contributed by atoms with van der Waals surface area (Å²) in [5.74, 6) is 1.15. The Morgan fingerprint density at radius 3 is 2.42 bits per heavy atom. The zero-order chi connectivity index (χ0) is 16.6. The maximum absolute atomic E-state index is 5.46. The van der Waals surface area contributed by atoms with E-state index in [9.17, 15) is 0 Å². The Bertz CT molecular complexity index is 842. The summed E-state index contributed by atoms with van der Waals surface area (Å²) >= 11 is 3.48. The summed E-state index contributed by atoms with van der Waals surface area (Å²) in [5, 5.41) is 4.24. The largest absolute Gasteiger partial charge is 0.467 e. The molecule has 2 heterocycles. The SMILES string of the molecule is COc1ncc(-c2nc(C3(c4ccc(Br)cc4)CCC3)no2)cn1. The first-order valence-electron chi connectivity index (χ1n) is 7.68. The van der Waals surface area contributed by atoms with E-state index in [1.165, 1.54) is 12.7 Å². The lowest BCUT2D eigenvalue weighted by Gasteiger charge is -2.39. The van der Waals surface area contributed by atoms with Gasteiger partial charge >= 0.3 is 6.01 Å². The molecule has 7 heteroatoms. The van der Waals surface area contributed by atoms with Gasteiger partial charge in [0.1, 0.15) is 0 Å². The van der Waals surface area contributed by atoms with Gasteiger partial charge in [-0.2, -0.15) is 4.98 Å². The molecule has 122 valence electrons. The van der Waals surface area contributed by atoms with Crippen LogP contribution in [0.4, 0.5) is 0 Å². The normalized spacial score (nSPS) is 15.8. The fraction of sp³-hybridized carbons (Fsp3) is 0.294. The quantitative estimate of drug-likeness (QED) is 0.679. The van der Waals surface area contributed by atoms with Crippen LogP contribution in [0.2, 0.25) is 0 Å². The first kappa shape index (κ1) is 15.3. The minimum Gasteiger partial charge on any atom is -0.467 e. The number of hydrogen-bond acceptors (Lipinski definition) is 6. The molecule has 4 rings (SSSR count). The number of aromatic nitrogens is 4. The molecule has 0 atom stereocenters. The first-order valence-corrected chi connectivity index (χ1v) is 8.47. The highest BCUT2D eigenvalue weighted by atomic mass is 79.9. The van der Waals surface area contributed by atoms with Crippen molar-refractivity contribution in [1.82, 2.24) is 20.1 Å². The second-order valence-corrected chi connectivity index (χ2v) is 6.74. The summed E-state index contributed by atoms with van der Waals surface area (Å²) < 4.78 is 11.5. The van der Waals surface area contributed by atoms with E-state index in [2.05, 4.69) is 48.2 Å². The van der Waals surface area contributed by atoms with Gasteiger partial charge in [0.25, 0.3) is 5.89 Å². The van der Waals surface area contributed by atoms with Crippen molar-refractivity contribution in [3.63, 3.8) is 0 Å². The zero-order valence-corrected chi connectivity index (χ0v) is 14.7. The molecule has 6 nitrogen and oxygen atoms in total. The molecule has 1 saturated carbocycles. The van der Waals surface area contributed by atoms with E-state index in [1.807, 2.05) is 12.1 Å². The van der Waals surface area contributed by atoms with Crippen molar-refractivity contribution in [2.24, 2.45) is 0 Å². The lowest BCUT2D eigenvalue weighted by atomic mass is 9.64. The van der Waals surface area contributed by atoms with E-state index in [4.69, 9.17) is 9.26 Å². The summed E-state index contributed by atoms with van der Waals surface area (Å²) in [4.78, 5) is 12.8. The molecule has 0 spiro atoms. The van der Waals surface area contributed by atoms with Gasteiger partial charge < -0.3 is 9.26 Å². The number of benzene rings is 1. The number of rotatable bonds is 4. The fourth-order valence-electron chi connectivity index (χ4n) is 3.01. The topological polar surface area (TPSA) is 73.9 Å². The Balaban J connectivity index is 1.68. The molecule has 0 bridgehead atoms. The highest BCUT2D eigenvalue weighted by Crippen LogP contribution is 2.48. The maximum Gasteiger partial charge on any atom is 0.316 e. The number of ether oxygens (including phenoxy) is 1. The monoisotopic (exact) mass is 386 g/mol. The summed E-state index contributed by atoms with van der Waals surface area (Å²) in [6.45, 7) is 0. The third-order valence-electron chi connectivity index (χ3n) is 4.52. The Morgan fingerprint density at radius 2 is 1.83 bits per heavy atom. The third-order valence-corrected chi connectivity index (χ3v) is 5.04. The highest BCUT2D eigenvalue weighted by Gasteiger charge is 2.44. The lowest BCUT2D eigenvalue weighted by Crippen LogP contribution is -2.36. The Labute approximate surface area is 147 Å². The summed E-state index contributed by atoms with van der Waals surface area (Å²) in [5.41, 5.74) is 1.74. The van der Waals surface area contributed by atoms with Gasteiger partial charge in [-0.15, -0.1) is 0 Å². The van der Waals surface area contributed by atoms with Crippen LogP contribution in [0.15, 0.2) is 45.7 Å². The molecule has 0 aliphatic heterocycles. The predicted octanol–water partition coefficient (Wildman–Crippen LogP) is 3.77. The van der Waals surface area contributed by atoms with Crippen LogP contribution < -0.4 is 4.74 Å². The molecule has 1 aromatic carbocycles. The molecule has 2 aromatic heterocycles. The van der Waals surface area contributed by atoms with Gasteiger partial charge in [0.05, 0.1) is 18.1 Å². The minimum atomic E-state index is -0.157. The number of hydrogen-bond donors (Lipinski definition) is 0. The van der Waals surface area contributed by atoms with Gasteiger partial charge in [0, 0.05) is 16.9 Å². The van der Waals surface area contributed by atoms with Gasteiger partial charge in [-0.05, 0) is 30.5 Å². The smallest absolute Gasteiger partial charge is 0.316 e. The van der Waals surface area contributed by atoms with Crippen molar-refractivity contribution in [3.8, 4) is 17.5 Å². The van der Waals surface area contributed by atoms with Gasteiger partial charge in [-0.25, -0.2) is 9.97 Å². The predicted molar refractivity (Wildman–Crippen MR) is 90.6 cm³/mol. The number of methoxy groups -OCH3 is 1. The molecule has 0 saturated heterocycles. The van der Waals surface area contributed by atoms with Crippen LogP contribution in [0.3, 0.4) is 0 Å². The van der Waals surface area contributed by atoms with Crippen molar-refractivity contribution in [3.05, 3.63) is 52.5 Å². The average Bonchev–Trinajstić information content (AvgIpc) is 3.06. The summed E-state index contributed by atoms with van der Waals surface area (Å²) in [7, 11) is 1.53. The van der Waals surface area contributed by atoms with Gasteiger partial charge in [0.15, 0.2) is 5.82 Å². The van der Waals surface area contributed by atoms with Crippen LogP contribution in [-0.4, -0.2) is 27.2 Å². The molecule has 0 N–H and O–H groups in total. The molecule has 1 fully saturated rings. The van der Waals surface area contributed by atoms with Crippen LogP contribution in [0.5, 0.6) is 6.01 Å². The Kier molecular flexibility index (Phi) is 3.80. The minimum absolute atomic E-state index is 0.157. The van der Waals surface area contributed by atoms with Crippen molar-refractivity contribution >= 4 is 15.9 Å². The van der Waals surface area contributed by atoms with Gasteiger partial charge in [-0.1, -0.05) is 39.6 Å². The number of nitrogens with zero attached hydrogens (tertiary/aromatic N) is 4. The van der Waals surface area contributed by atoms with E-state index < -0.39 is 0 Å². The average molecular weight is 387 g/mol. The Hall–Kier alpha value is -2.28. The second kappa shape index (κ2) is 5.98. The summed E-state index contributed by atoms with van der Waals surface area (Å²) in [6, 6.07) is 8.65. The molecule has 1 aliphatic rings. The van der Waals surface area contributed by atoms with Crippen molar-refractivity contribution in [1.29, 1.82) is 0 Å². The van der Waals surface area contributed by atoms with E-state index in [0.717, 1.165) is 29.6 Å². The van der Waals surface area contributed by atoms with Crippen molar-refractivity contribution in [2.75, 3.05) is 7.11 Å². The first-order chi connectivity index (χ1) is 11.7. The maximum atomic E-state index is 5.46. The Morgan fingerprint density at radius 1 is 1.12 bits per heavy atom. The van der Waals surface area contributed by atoms with Crippen molar-refractivity contribution < 1.29 is 9.26 Å². The fourth-order valence-corrected chi connectivity index (χ4v) is 3.27. The highest BCUT2D eigenvalue weighted by molar-refractivity contribution is 9.10. The lowest BCUT2D eigenvalue weighted by molar-refractivity contribution is 0.273. The van der Waals surface area contributed by atoms with E-state index >= 15 is 0 Å². The zero-order valence-electron chi connectivity index (χ0n) is 13.1. The molecule has 0 radical (unpaired) electrons. The standard InChI is InChI=1S/C17H15BrN4O2/c1-23-16-19-9-11(10-20-16)14-21-15(22-24-14)17(7-2-8-17)12-3-5-13(18)6-4-12/h3-6,9-10H,2,7-8H2,1H3. The molecular formula is C17H15BrN4O2. The molecule has 1 aliphatic carbocycles. The molecule has 3 aromatic rings. The van der Waals surface area contributed by atoms with E-state index in [0.29, 0.717) is 17.5 Å². The van der Waals surface area contributed by atoms with Crippen LogP contribution in [0.25, 0.3) is 11.5 Å². The van der Waals surface area contributed by atoms with E-state index in [1.54, 1.807) is 12.4 Å². The van der Waals surface area contributed by atoms with Crippen LogP contribution in [0, 0.1) is 0 Å². The van der Waals surface area contributed by atoms with Crippen molar-refractivity contribution in [2.45, 2.75) is 24.7 Å². The van der Waals surface area contributed by atoms with Crippen LogP contribution in [-0.2, 0) is 5.41 Å². The van der Waals surface area contributed by atoms with Crippen LogP contribution >= 0.6 is 15.9 Å². The molecule has 24 heavy (non-hydrogen) atoms. The van der Waals surface area contributed by atoms with E-state index in [-0.39, 0.29) is 5.41 Å². The van der Waals surface area contributed by atoms with Gasteiger partial charge in [-0.3, -0.25) is 0 Å². The van der Waals surface area contributed by atoms with Crippen LogP contribution in [0.1, 0.15) is 30.7 Å². The second-order valence-electron chi connectivity index (χ2n) is 5.82. The third kappa shape index (κ3) is 2.49. The molecular weight excluding hydrogens is 372 g/mol. The van der Waals surface area contributed by atoms with Gasteiger partial charge in [0.2, 0.25) is 0 Å². The number of halogens is 1. The molecule has 0 amide bonds.